The Kier molecular flexibility index (Phi) is 4.64. The summed E-state index contributed by atoms with van der Waals surface area (Å²) >= 11 is 0. The molecular weight excluding hydrogens is 183 g/mol. The van der Waals surface area contributed by atoms with Gasteiger partial charge < -0.3 is 0 Å². The van der Waals surface area contributed by atoms with Crippen molar-refractivity contribution in [2.24, 2.45) is 0 Å². The summed E-state index contributed by atoms with van der Waals surface area (Å²) in [5.41, 5.74) is 4.21. The molecule has 1 aromatic carbocycles. The predicted molar refractivity (Wildman–Crippen MR) is 80.9 cm³/mol. The van der Waals surface area contributed by atoms with Crippen molar-refractivity contribution < 1.29 is 0 Å². The number of benzene rings is 1. The lowest BCUT2D eigenvalue weighted by Gasteiger charge is -2.21. The largest absolute Gasteiger partial charge is 0.113 e. The van der Waals surface area contributed by atoms with Crippen molar-refractivity contribution in [3.05, 3.63) is 17.2 Å². The van der Waals surface area contributed by atoms with Crippen molar-refractivity contribution in [2.45, 2.75) is 13.8 Å². The third-order valence-electron chi connectivity index (χ3n) is 2.95. The minimum Gasteiger partial charge on any atom is -0.106 e. The van der Waals surface area contributed by atoms with Crippen molar-refractivity contribution in [3.8, 4) is 0 Å². The topological polar surface area (TPSA) is 0 Å². The molecular formula is C8H7B8. The molecule has 16 heavy (non-hydrogen) atoms. The van der Waals surface area contributed by atoms with E-state index in [0.717, 1.165) is 22.1 Å². The van der Waals surface area contributed by atoms with Gasteiger partial charge in [-0.05, 0) is 13.8 Å². The maximum Gasteiger partial charge on any atom is 0.113 e. The SMILES string of the molecule is [B][B]B([B])c1cc(B([B])[B])c(C)c(C)c1[B]. The van der Waals surface area contributed by atoms with E-state index in [0.29, 0.717) is 5.46 Å². The lowest BCUT2D eigenvalue weighted by Crippen LogP contribution is -2.51. The van der Waals surface area contributed by atoms with Gasteiger partial charge in [0.15, 0.2) is 0 Å². The molecule has 0 N–H and O–H groups in total. The summed E-state index contributed by atoms with van der Waals surface area (Å²) < 4.78 is 0. The Labute approximate surface area is 106 Å². The Morgan fingerprint density at radius 2 is 1.62 bits per heavy atom. The average Bonchev–Trinajstić information content (AvgIpc) is 2.25. The fourth-order valence-electron chi connectivity index (χ4n) is 1.71. The summed E-state index contributed by atoms with van der Waals surface area (Å²) in [6.07, 6.45) is 0. The van der Waals surface area contributed by atoms with Crippen LogP contribution < -0.4 is 16.4 Å². The standard InChI is InChI=1S/C8H7B8/c1-4-5(2)8(9)7(16(13)14-10)3-6(4)15(11)12/h3H,1-2H3. The lowest BCUT2D eigenvalue weighted by molar-refractivity contribution is 1.40. The summed E-state index contributed by atoms with van der Waals surface area (Å²) in [7, 11) is 30.0. The van der Waals surface area contributed by atoms with Gasteiger partial charge in [-0.15, -0.1) is 10.9 Å². The van der Waals surface area contributed by atoms with Crippen LogP contribution in [0.15, 0.2) is 6.07 Å². The van der Waals surface area contributed by atoms with Gasteiger partial charge in [-0.2, -0.15) is 0 Å². The van der Waals surface area contributed by atoms with Crippen LogP contribution in [0.25, 0.3) is 0 Å². The maximum atomic E-state index is 5.99. The molecule has 1 aromatic rings. The molecule has 63 valence electrons. The normalized spacial score (nSPS) is 9.88. The van der Waals surface area contributed by atoms with E-state index in [2.05, 4.69) is 0 Å². The summed E-state index contributed by atoms with van der Waals surface area (Å²) in [6.45, 7) is 2.92. The molecule has 0 aliphatic carbocycles. The van der Waals surface area contributed by atoms with Crippen LogP contribution in [0.3, 0.4) is 0 Å². The quantitative estimate of drug-likeness (QED) is 0.439. The minimum atomic E-state index is -0.539. The Hall–Kier alpha value is -0.261. The summed E-state index contributed by atoms with van der Waals surface area (Å²) in [4.78, 5) is 0. The zero-order valence-electron chi connectivity index (χ0n) is 9.70. The first-order chi connectivity index (χ1) is 7.40. The van der Waals surface area contributed by atoms with E-state index >= 15 is 0 Å². The fourth-order valence-corrected chi connectivity index (χ4v) is 1.71. The van der Waals surface area contributed by atoms with Gasteiger partial charge in [0.25, 0.3) is 0 Å². The molecule has 0 aliphatic rings. The van der Waals surface area contributed by atoms with Crippen LogP contribution in [0.4, 0.5) is 0 Å². The second kappa shape index (κ2) is 5.38. The van der Waals surface area contributed by atoms with Gasteiger partial charge in [0.05, 0.1) is 13.0 Å². The molecule has 0 saturated carbocycles. The zero-order valence-corrected chi connectivity index (χ0v) is 9.70. The van der Waals surface area contributed by atoms with Crippen molar-refractivity contribution in [2.75, 3.05) is 0 Å². The Bertz CT molecular complexity index is 388. The number of hydrogen-bond acceptors (Lipinski definition) is 0. The summed E-state index contributed by atoms with van der Waals surface area (Å²) in [5, 5.41) is 0. The van der Waals surface area contributed by atoms with Crippen molar-refractivity contribution >= 4 is 75.2 Å². The fraction of sp³-hybridized carbons (Fsp3) is 0.250. The molecule has 0 aliphatic heterocycles. The van der Waals surface area contributed by atoms with Crippen molar-refractivity contribution in [3.63, 3.8) is 0 Å². The van der Waals surface area contributed by atoms with Crippen molar-refractivity contribution in [1.29, 1.82) is 0 Å². The molecule has 0 saturated heterocycles. The highest BCUT2D eigenvalue weighted by Crippen LogP contribution is 1.99. The third kappa shape index (κ3) is 2.52. The van der Waals surface area contributed by atoms with E-state index in [1.54, 1.807) is 0 Å². The van der Waals surface area contributed by atoms with E-state index in [-0.39, 0.29) is 0 Å². The van der Waals surface area contributed by atoms with Crippen LogP contribution >= 0.6 is 0 Å². The first-order valence-electron chi connectivity index (χ1n) is 5.11. The van der Waals surface area contributed by atoms with Gasteiger partial charge in [-0.25, -0.2) is 0 Å². The second-order valence-corrected chi connectivity index (χ2v) is 3.96. The minimum absolute atomic E-state index is 0.406. The van der Waals surface area contributed by atoms with Crippen LogP contribution in [-0.4, -0.2) is 58.8 Å². The molecule has 0 bridgehead atoms. The molecule has 11 radical (unpaired) electrons. The average molecular weight is 190 g/mol. The smallest absolute Gasteiger partial charge is 0.106 e. The molecule has 0 atom stereocenters. The second-order valence-electron chi connectivity index (χ2n) is 3.96. The summed E-state index contributed by atoms with van der Waals surface area (Å²) in [6, 6.07) is 1.83. The molecule has 0 fully saturated rings. The number of hydrogen-bond donors (Lipinski definition) is 0. The Morgan fingerprint density at radius 1 is 1.06 bits per heavy atom. The van der Waals surface area contributed by atoms with Crippen LogP contribution in [0.1, 0.15) is 11.1 Å². The molecule has 0 heterocycles. The molecule has 0 amide bonds. The van der Waals surface area contributed by atoms with Gasteiger partial charge in [0.2, 0.25) is 0 Å². The predicted octanol–water partition coefficient (Wildman–Crippen LogP) is -3.22. The first kappa shape index (κ1) is 13.8. The first-order valence-corrected chi connectivity index (χ1v) is 5.11. The van der Waals surface area contributed by atoms with E-state index in [1.165, 1.54) is 7.06 Å². The van der Waals surface area contributed by atoms with Gasteiger partial charge >= 0.3 is 0 Å². The zero-order chi connectivity index (χ0) is 12.5. The highest BCUT2D eigenvalue weighted by molar-refractivity contribution is 7.51. The monoisotopic (exact) mass is 191 g/mol. The van der Waals surface area contributed by atoms with E-state index in [4.69, 9.17) is 38.8 Å². The molecule has 0 unspecified atom stereocenters. The molecule has 0 nitrogen and oxygen atoms in total. The highest BCUT2D eigenvalue weighted by Gasteiger charge is 2.15. The van der Waals surface area contributed by atoms with Gasteiger partial charge in [0.1, 0.15) is 7.85 Å². The van der Waals surface area contributed by atoms with E-state index in [1.807, 2.05) is 19.9 Å². The highest BCUT2D eigenvalue weighted by atomic mass is 14.0. The Balaban J connectivity index is 3.41. The molecule has 0 spiro atoms. The van der Waals surface area contributed by atoms with E-state index in [9.17, 15) is 0 Å². The maximum absolute atomic E-state index is 5.99. The third-order valence-corrected chi connectivity index (χ3v) is 2.95. The summed E-state index contributed by atoms with van der Waals surface area (Å²) in [5.74, 6) is 0. The van der Waals surface area contributed by atoms with Crippen LogP contribution in [0, 0.1) is 13.8 Å². The van der Waals surface area contributed by atoms with Crippen LogP contribution in [0.2, 0.25) is 0 Å². The molecule has 1 rings (SSSR count). The van der Waals surface area contributed by atoms with Crippen LogP contribution in [0.5, 0.6) is 0 Å². The Morgan fingerprint density at radius 3 is 2.06 bits per heavy atom. The van der Waals surface area contributed by atoms with Crippen LogP contribution in [-0.2, 0) is 0 Å². The van der Waals surface area contributed by atoms with Crippen molar-refractivity contribution in [1.82, 2.24) is 0 Å². The van der Waals surface area contributed by atoms with Gasteiger partial charge in [-0.1, -0.05) is 22.7 Å². The number of rotatable bonds is 3. The molecule has 0 aromatic heterocycles. The molecule has 8 heteroatoms. The van der Waals surface area contributed by atoms with Gasteiger partial charge in [0, 0.05) is 38.0 Å². The lowest BCUT2D eigenvalue weighted by atomic mass is 9.02. The van der Waals surface area contributed by atoms with E-state index < -0.39 is 13.0 Å². The van der Waals surface area contributed by atoms with Gasteiger partial charge in [-0.3, -0.25) is 0 Å².